The number of phenols is 1. The zero-order valence-corrected chi connectivity index (χ0v) is 6.85. The van der Waals surface area contributed by atoms with E-state index in [1.807, 2.05) is 0 Å². The number of hydrogen-bond acceptors (Lipinski definition) is 3. The number of nitrogens with two attached hydrogens (primary N) is 1. The molecule has 0 bridgehead atoms. The number of ether oxygens (including phenoxy) is 1. The molecule has 0 aliphatic carbocycles. The van der Waals surface area contributed by atoms with Crippen LogP contribution in [0.4, 0.5) is 0 Å². The van der Waals surface area contributed by atoms with Crippen molar-refractivity contribution < 1.29 is 14.0 Å². The highest BCUT2D eigenvalue weighted by atomic mass is 16.5. The van der Waals surface area contributed by atoms with Crippen molar-refractivity contribution >= 4 is 0 Å². The van der Waals surface area contributed by atoms with E-state index in [4.69, 9.17) is 14.6 Å². The SMILES string of the molecule is [2H]c1c([2H])c(CCN)c([2H])c(OC)c1O. The van der Waals surface area contributed by atoms with Crippen LogP contribution in [0, 0.1) is 0 Å². The fraction of sp³-hybridized carbons (Fsp3) is 0.333. The van der Waals surface area contributed by atoms with E-state index in [1.54, 1.807) is 0 Å². The van der Waals surface area contributed by atoms with E-state index in [1.165, 1.54) is 7.11 Å². The number of hydrogen-bond donors (Lipinski definition) is 2. The highest BCUT2D eigenvalue weighted by Gasteiger charge is 2.00. The van der Waals surface area contributed by atoms with Crippen LogP contribution in [-0.4, -0.2) is 18.8 Å². The molecule has 0 atom stereocenters. The summed E-state index contributed by atoms with van der Waals surface area (Å²) in [5.74, 6) is -0.535. The molecule has 66 valence electrons. The van der Waals surface area contributed by atoms with Gasteiger partial charge in [-0.2, -0.15) is 0 Å². The van der Waals surface area contributed by atoms with Gasteiger partial charge in [0.2, 0.25) is 0 Å². The molecule has 0 fully saturated rings. The van der Waals surface area contributed by atoms with Gasteiger partial charge < -0.3 is 15.6 Å². The average molecular weight is 170 g/mol. The third kappa shape index (κ3) is 1.89. The minimum atomic E-state index is -0.465. The fourth-order valence-electron chi connectivity index (χ4n) is 0.836. The van der Waals surface area contributed by atoms with Gasteiger partial charge in [0.15, 0.2) is 11.5 Å². The Balaban J connectivity index is 3.45. The molecule has 3 heteroatoms. The van der Waals surface area contributed by atoms with Gasteiger partial charge in [0.25, 0.3) is 0 Å². The van der Waals surface area contributed by atoms with Crippen molar-refractivity contribution in [3.8, 4) is 11.5 Å². The quantitative estimate of drug-likeness (QED) is 0.708. The van der Waals surface area contributed by atoms with Crippen LogP contribution >= 0.6 is 0 Å². The highest BCUT2D eigenvalue weighted by Crippen LogP contribution is 2.26. The lowest BCUT2D eigenvalue weighted by Gasteiger charge is -2.05. The first-order chi connectivity index (χ1) is 7.04. The minimum absolute atomic E-state index is 0.0681. The Morgan fingerprint density at radius 2 is 2.42 bits per heavy atom. The van der Waals surface area contributed by atoms with Crippen molar-refractivity contribution in [2.45, 2.75) is 6.42 Å². The summed E-state index contributed by atoms with van der Waals surface area (Å²) >= 11 is 0. The molecule has 0 unspecified atom stereocenters. The summed E-state index contributed by atoms with van der Waals surface area (Å²) in [7, 11) is 1.31. The first-order valence-electron chi connectivity index (χ1n) is 5.10. The van der Waals surface area contributed by atoms with Crippen molar-refractivity contribution in [2.75, 3.05) is 13.7 Å². The Bertz CT molecular complexity index is 382. The summed E-state index contributed by atoms with van der Waals surface area (Å²) in [5.41, 5.74) is 5.68. The normalized spacial score (nSPS) is 13.3. The predicted octanol–water partition coefficient (Wildman–Crippen LogP) is 0.902. The monoisotopic (exact) mass is 170 g/mol. The van der Waals surface area contributed by atoms with E-state index in [0.29, 0.717) is 12.0 Å². The van der Waals surface area contributed by atoms with E-state index < -0.39 is 5.75 Å². The van der Waals surface area contributed by atoms with Crippen LogP contribution in [0.15, 0.2) is 18.1 Å². The van der Waals surface area contributed by atoms with Crippen molar-refractivity contribution in [3.05, 3.63) is 23.7 Å². The molecule has 0 spiro atoms. The lowest BCUT2D eigenvalue weighted by Crippen LogP contribution is -2.02. The molecule has 0 aliphatic heterocycles. The average Bonchev–Trinajstić information content (AvgIpc) is 2.22. The lowest BCUT2D eigenvalue weighted by molar-refractivity contribution is 0.373. The van der Waals surface area contributed by atoms with Crippen LogP contribution in [0.5, 0.6) is 11.5 Å². The first kappa shape index (κ1) is 5.43. The summed E-state index contributed by atoms with van der Waals surface area (Å²) in [4.78, 5) is 0. The molecule has 1 aromatic carbocycles. The second kappa shape index (κ2) is 3.97. The smallest absolute Gasteiger partial charge is 0.160 e. The van der Waals surface area contributed by atoms with Crippen LogP contribution in [-0.2, 0) is 6.42 Å². The van der Waals surface area contributed by atoms with Crippen molar-refractivity contribution in [1.29, 1.82) is 0 Å². The van der Waals surface area contributed by atoms with Gasteiger partial charge >= 0.3 is 0 Å². The second-order valence-corrected chi connectivity index (χ2v) is 2.27. The van der Waals surface area contributed by atoms with Gasteiger partial charge in [-0.15, -0.1) is 0 Å². The first-order valence-corrected chi connectivity index (χ1v) is 3.60. The van der Waals surface area contributed by atoms with Gasteiger partial charge in [-0.1, -0.05) is 6.04 Å². The number of phenolic OH excluding ortho intramolecular Hbond substituents is 1. The van der Waals surface area contributed by atoms with Crippen molar-refractivity contribution in [2.24, 2.45) is 5.73 Å². The topological polar surface area (TPSA) is 55.5 Å². The second-order valence-electron chi connectivity index (χ2n) is 2.27. The zero-order chi connectivity index (χ0) is 11.6. The van der Waals surface area contributed by atoms with E-state index in [9.17, 15) is 5.11 Å². The molecule has 0 radical (unpaired) electrons. The summed E-state index contributed by atoms with van der Waals surface area (Å²) in [6.07, 6.45) is 0.320. The third-order valence-electron chi connectivity index (χ3n) is 1.41. The fourth-order valence-corrected chi connectivity index (χ4v) is 0.836. The lowest BCUT2D eigenvalue weighted by atomic mass is 10.1. The summed E-state index contributed by atoms with van der Waals surface area (Å²) < 4.78 is 27.5. The summed E-state index contributed by atoms with van der Waals surface area (Å²) in [6, 6.07) is -0.559. The van der Waals surface area contributed by atoms with Crippen molar-refractivity contribution in [1.82, 2.24) is 0 Å². The van der Waals surface area contributed by atoms with E-state index in [-0.39, 0.29) is 30.4 Å². The maximum Gasteiger partial charge on any atom is 0.160 e. The van der Waals surface area contributed by atoms with Crippen molar-refractivity contribution in [3.63, 3.8) is 0 Å². The van der Waals surface area contributed by atoms with Gasteiger partial charge in [0, 0.05) is 0 Å². The van der Waals surface area contributed by atoms with Crippen LogP contribution < -0.4 is 10.5 Å². The largest absolute Gasteiger partial charge is 0.504 e. The molecule has 3 nitrogen and oxygen atoms in total. The van der Waals surface area contributed by atoms with Crippen LogP contribution in [0.1, 0.15) is 9.68 Å². The van der Waals surface area contributed by atoms with Gasteiger partial charge in [-0.3, -0.25) is 0 Å². The molecule has 0 saturated carbocycles. The van der Waals surface area contributed by atoms with E-state index in [0.717, 1.165) is 0 Å². The van der Waals surface area contributed by atoms with E-state index in [2.05, 4.69) is 0 Å². The standard InChI is InChI=1S/C9H13NO2/c1-12-9-6-7(4-5-10)2-3-8(9)11/h2-3,6,11H,4-5,10H2,1H3/i2D,3D,6D. The van der Waals surface area contributed by atoms with Gasteiger partial charge in [0.1, 0.15) is 0 Å². The Hall–Kier alpha value is -1.22. The molecule has 3 N–H and O–H groups in total. The van der Waals surface area contributed by atoms with Crippen LogP contribution in [0.2, 0.25) is 0 Å². The summed E-state index contributed by atoms with van der Waals surface area (Å²) in [6.45, 7) is 0.283. The minimum Gasteiger partial charge on any atom is -0.504 e. The van der Waals surface area contributed by atoms with E-state index >= 15 is 0 Å². The molecule has 0 aliphatic rings. The highest BCUT2D eigenvalue weighted by molar-refractivity contribution is 5.41. The van der Waals surface area contributed by atoms with Crippen LogP contribution in [0.25, 0.3) is 0 Å². The third-order valence-corrected chi connectivity index (χ3v) is 1.41. The number of aromatic hydroxyl groups is 1. The molecular weight excluding hydrogens is 154 g/mol. The molecular formula is C9H13NO2. The predicted molar refractivity (Wildman–Crippen MR) is 47.4 cm³/mol. The molecule has 0 saturated heterocycles. The summed E-state index contributed by atoms with van der Waals surface area (Å²) in [5, 5.41) is 9.47. The Morgan fingerprint density at radius 3 is 3.00 bits per heavy atom. The molecule has 0 heterocycles. The molecule has 12 heavy (non-hydrogen) atoms. The number of methoxy groups -OCH3 is 1. The maximum atomic E-state index is 9.47. The number of benzene rings is 1. The molecule has 0 aromatic heterocycles. The Morgan fingerprint density at radius 1 is 1.67 bits per heavy atom. The number of rotatable bonds is 3. The van der Waals surface area contributed by atoms with Gasteiger partial charge in [-0.05, 0) is 30.6 Å². The Kier molecular flexibility index (Phi) is 1.80. The van der Waals surface area contributed by atoms with Crippen LogP contribution in [0.3, 0.4) is 0 Å². The Labute approximate surface area is 76.0 Å². The maximum absolute atomic E-state index is 9.47. The van der Waals surface area contributed by atoms with Gasteiger partial charge in [0.05, 0.1) is 11.2 Å². The van der Waals surface area contributed by atoms with Gasteiger partial charge in [-0.25, -0.2) is 0 Å². The molecule has 1 aromatic rings. The molecule has 1 rings (SSSR count). The zero-order valence-electron chi connectivity index (χ0n) is 9.85. The molecule has 0 amide bonds.